The number of fused-ring (bicyclic) bond motifs is 2. The zero-order valence-electron chi connectivity index (χ0n) is 15.3. The maximum atomic E-state index is 13.2. The fourth-order valence-electron chi connectivity index (χ4n) is 4.38. The molecule has 2 aromatic rings. The molecule has 0 spiro atoms. The first-order valence-electron chi connectivity index (χ1n) is 9.27. The van der Waals surface area contributed by atoms with Gasteiger partial charge in [0.05, 0.1) is 18.5 Å². The van der Waals surface area contributed by atoms with Crippen LogP contribution in [0.15, 0.2) is 35.7 Å². The van der Waals surface area contributed by atoms with Crippen molar-refractivity contribution in [2.75, 3.05) is 13.1 Å². The van der Waals surface area contributed by atoms with Gasteiger partial charge in [-0.25, -0.2) is 0 Å². The van der Waals surface area contributed by atoms with Crippen molar-refractivity contribution in [3.63, 3.8) is 0 Å². The molecule has 2 aliphatic heterocycles. The zero-order chi connectivity index (χ0) is 18.3. The third kappa shape index (κ3) is 2.94. The van der Waals surface area contributed by atoms with Crippen LogP contribution in [0, 0.1) is 0 Å². The van der Waals surface area contributed by atoms with Crippen LogP contribution >= 0.6 is 11.3 Å². The molecule has 2 amide bonds. The summed E-state index contributed by atoms with van der Waals surface area (Å²) in [5, 5.41) is 2.12. The van der Waals surface area contributed by atoms with Crippen LogP contribution < -0.4 is 0 Å². The van der Waals surface area contributed by atoms with Gasteiger partial charge >= 0.3 is 0 Å². The summed E-state index contributed by atoms with van der Waals surface area (Å²) in [6, 6.07) is 10.3. The topological polar surface area (TPSA) is 40.6 Å². The normalized spacial score (nSPS) is 21.9. The summed E-state index contributed by atoms with van der Waals surface area (Å²) >= 11 is 1.78. The van der Waals surface area contributed by atoms with Crippen LogP contribution in [0.4, 0.5) is 0 Å². The number of hydrogen-bond acceptors (Lipinski definition) is 3. The lowest BCUT2D eigenvalue weighted by Gasteiger charge is -2.39. The van der Waals surface area contributed by atoms with Gasteiger partial charge in [0, 0.05) is 24.9 Å². The van der Waals surface area contributed by atoms with Crippen LogP contribution in [-0.2, 0) is 22.4 Å². The van der Waals surface area contributed by atoms with Gasteiger partial charge in [0.25, 0.3) is 0 Å². The molecule has 4 rings (SSSR count). The molecule has 0 fully saturated rings. The molecular formula is C21H24N2O2S. The Hall–Kier alpha value is -2.14. The first-order valence-corrected chi connectivity index (χ1v) is 10.1. The molecule has 0 N–H and O–H groups in total. The Morgan fingerprint density at radius 3 is 2.65 bits per heavy atom. The summed E-state index contributed by atoms with van der Waals surface area (Å²) in [5.41, 5.74) is 3.67. The number of amides is 2. The van der Waals surface area contributed by atoms with Gasteiger partial charge in [0.1, 0.15) is 0 Å². The largest absolute Gasteiger partial charge is 0.335 e. The third-order valence-electron chi connectivity index (χ3n) is 5.78. The van der Waals surface area contributed by atoms with E-state index in [4.69, 9.17) is 0 Å². The van der Waals surface area contributed by atoms with E-state index in [9.17, 15) is 9.59 Å². The number of rotatable bonds is 2. The quantitative estimate of drug-likeness (QED) is 0.810. The van der Waals surface area contributed by atoms with Crippen LogP contribution in [0.5, 0.6) is 0 Å². The van der Waals surface area contributed by atoms with Crippen molar-refractivity contribution < 1.29 is 9.59 Å². The van der Waals surface area contributed by atoms with Crippen molar-refractivity contribution in [3.05, 3.63) is 57.3 Å². The minimum Gasteiger partial charge on any atom is -0.335 e. The van der Waals surface area contributed by atoms with Crippen LogP contribution in [-0.4, -0.2) is 34.7 Å². The fourth-order valence-corrected chi connectivity index (χ4v) is 5.34. The highest BCUT2D eigenvalue weighted by Crippen LogP contribution is 2.36. The van der Waals surface area contributed by atoms with E-state index < -0.39 is 0 Å². The Morgan fingerprint density at radius 1 is 1.08 bits per heavy atom. The van der Waals surface area contributed by atoms with Gasteiger partial charge in [-0.15, -0.1) is 11.3 Å². The number of thiophene rings is 1. The Morgan fingerprint density at radius 2 is 1.85 bits per heavy atom. The average molecular weight is 369 g/mol. The van der Waals surface area contributed by atoms with E-state index in [0.29, 0.717) is 13.0 Å². The maximum absolute atomic E-state index is 13.2. The van der Waals surface area contributed by atoms with E-state index in [1.54, 1.807) is 18.3 Å². The second-order valence-electron chi connectivity index (χ2n) is 7.19. The molecule has 0 radical (unpaired) electrons. The van der Waals surface area contributed by atoms with Crippen LogP contribution in [0.1, 0.15) is 53.9 Å². The molecule has 5 heteroatoms. The maximum Gasteiger partial charge on any atom is 0.225 e. The molecule has 2 atom stereocenters. The number of hydrogen-bond donors (Lipinski definition) is 0. The summed E-state index contributed by atoms with van der Waals surface area (Å²) < 4.78 is 0. The van der Waals surface area contributed by atoms with Crippen LogP contribution in [0.2, 0.25) is 0 Å². The van der Waals surface area contributed by atoms with Crippen molar-refractivity contribution in [1.29, 1.82) is 0 Å². The SMILES string of the molecule is CC(=O)N1CCc2ccccc2[C@@H]1CC(=O)N1CCc2sccc2[C@@H]1C. The van der Waals surface area contributed by atoms with E-state index in [2.05, 4.69) is 30.5 Å². The Kier molecular flexibility index (Phi) is 4.57. The predicted octanol–water partition coefficient (Wildman–Crippen LogP) is 3.73. The van der Waals surface area contributed by atoms with E-state index in [0.717, 1.165) is 24.9 Å². The summed E-state index contributed by atoms with van der Waals surface area (Å²) in [5.74, 6) is 0.186. The van der Waals surface area contributed by atoms with Gasteiger partial charge in [-0.3, -0.25) is 9.59 Å². The van der Waals surface area contributed by atoms with Crippen molar-refractivity contribution in [2.45, 2.75) is 45.2 Å². The minimum atomic E-state index is -0.152. The summed E-state index contributed by atoms with van der Waals surface area (Å²) in [7, 11) is 0. The van der Waals surface area contributed by atoms with Crippen molar-refractivity contribution in [3.8, 4) is 0 Å². The van der Waals surface area contributed by atoms with Crippen molar-refractivity contribution in [2.24, 2.45) is 0 Å². The van der Waals surface area contributed by atoms with E-state index in [1.807, 2.05) is 21.9 Å². The monoisotopic (exact) mass is 368 g/mol. The second-order valence-corrected chi connectivity index (χ2v) is 8.19. The number of benzene rings is 1. The van der Waals surface area contributed by atoms with Gasteiger partial charge in [-0.05, 0) is 47.9 Å². The van der Waals surface area contributed by atoms with E-state index >= 15 is 0 Å². The lowest BCUT2D eigenvalue weighted by Crippen LogP contribution is -2.44. The van der Waals surface area contributed by atoms with Crippen LogP contribution in [0.25, 0.3) is 0 Å². The van der Waals surface area contributed by atoms with Gasteiger partial charge in [0.2, 0.25) is 11.8 Å². The summed E-state index contributed by atoms with van der Waals surface area (Å²) in [4.78, 5) is 30.6. The van der Waals surface area contributed by atoms with E-state index in [1.165, 1.54) is 16.0 Å². The molecule has 0 saturated heterocycles. The molecular weight excluding hydrogens is 344 g/mol. The van der Waals surface area contributed by atoms with Crippen molar-refractivity contribution >= 4 is 23.2 Å². The van der Waals surface area contributed by atoms with Gasteiger partial charge in [-0.2, -0.15) is 0 Å². The van der Waals surface area contributed by atoms with Gasteiger partial charge in [-0.1, -0.05) is 24.3 Å². The fraction of sp³-hybridized carbons (Fsp3) is 0.429. The Labute approximate surface area is 158 Å². The highest BCUT2D eigenvalue weighted by molar-refractivity contribution is 7.10. The molecule has 1 aromatic heterocycles. The first kappa shape index (κ1) is 17.3. The lowest BCUT2D eigenvalue weighted by atomic mass is 9.90. The smallest absolute Gasteiger partial charge is 0.225 e. The molecule has 2 aliphatic rings. The second kappa shape index (κ2) is 6.88. The summed E-state index contributed by atoms with van der Waals surface area (Å²) in [6.07, 6.45) is 2.15. The first-order chi connectivity index (χ1) is 12.6. The molecule has 0 bridgehead atoms. The van der Waals surface area contributed by atoms with Crippen molar-refractivity contribution in [1.82, 2.24) is 9.80 Å². The van der Waals surface area contributed by atoms with Crippen LogP contribution in [0.3, 0.4) is 0 Å². The van der Waals surface area contributed by atoms with E-state index in [-0.39, 0.29) is 23.9 Å². The minimum absolute atomic E-state index is 0.0455. The number of carbonyl (C=O) groups is 2. The number of carbonyl (C=O) groups excluding carboxylic acids is 2. The molecule has 1 aromatic carbocycles. The third-order valence-corrected chi connectivity index (χ3v) is 6.78. The van der Waals surface area contributed by atoms with Gasteiger partial charge < -0.3 is 9.80 Å². The molecule has 3 heterocycles. The Bertz CT molecular complexity index is 844. The molecule has 136 valence electrons. The highest BCUT2D eigenvalue weighted by Gasteiger charge is 2.34. The Balaban J connectivity index is 1.59. The molecule has 0 saturated carbocycles. The predicted molar refractivity (Wildman–Crippen MR) is 103 cm³/mol. The number of nitrogens with zero attached hydrogens (tertiary/aromatic N) is 2. The molecule has 0 unspecified atom stereocenters. The highest BCUT2D eigenvalue weighted by atomic mass is 32.1. The molecule has 26 heavy (non-hydrogen) atoms. The lowest BCUT2D eigenvalue weighted by molar-refractivity contribution is -0.138. The summed E-state index contributed by atoms with van der Waals surface area (Å²) in [6.45, 7) is 5.17. The standard InChI is InChI=1S/C21H24N2O2S/c1-14-17-9-12-26-20(17)8-11-22(14)21(25)13-19-18-6-4-3-5-16(18)7-10-23(19)15(2)24/h3-6,9,12,14,19H,7-8,10-11,13H2,1-2H3/t14-,19-/m0/s1. The molecule has 0 aliphatic carbocycles. The molecule has 4 nitrogen and oxygen atoms in total. The average Bonchev–Trinajstić information content (AvgIpc) is 3.11. The van der Waals surface area contributed by atoms with Gasteiger partial charge in [0.15, 0.2) is 0 Å². The zero-order valence-corrected chi connectivity index (χ0v) is 16.1.